The van der Waals surface area contributed by atoms with Gasteiger partial charge in [0.05, 0.1) is 5.25 Å². The number of benzene rings is 2. The third kappa shape index (κ3) is 4.29. The molecule has 0 radical (unpaired) electrons. The van der Waals surface area contributed by atoms with Crippen molar-refractivity contribution in [3.63, 3.8) is 0 Å². The number of rotatable bonds is 5. The first-order valence-electron chi connectivity index (χ1n) is 6.40. The van der Waals surface area contributed by atoms with Gasteiger partial charge in [-0.05, 0) is 23.6 Å². The molecule has 2 rings (SSSR count). The SMILES string of the molecule is O=C(NCc1ccccc1Cl)C(S)Cc1ccccc1. The van der Waals surface area contributed by atoms with Crippen molar-refractivity contribution < 1.29 is 4.79 Å². The van der Waals surface area contributed by atoms with Crippen LogP contribution in [0.25, 0.3) is 0 Å². The monoisotopic (exact) mass is 305 g/mol. The van der Waals surface area contributed by atoms with Crippen LogP contribution in [0.1, 0.15) is 11.1 Å². The zero-order valence-electron chi connectivity index (χ0n) is 10.9. The summed E-state index contributed by atoms with van der Waals surface area (Å²) in [7, 11) is 0. The van der Waals surface area contributed by atoms with Crippen LogP contribution < -0.4 is 5.32 Å². The molecule has 20 heavy (non-hydrogen) atoms. The van der Waals surface area contributed by atoms with Crippen molar-refractivity contribution in [3.8, 4) is 0 Å². The third-order valence-electron chi connectivity index (χ3n) is 2.99. The van der Waals surface area contributed by atoms with Gasteiger partial charge in [0, 0.05) is 11.6 Å². The minimum atomic E-state index is -0.361. The van der Waals surface area contributed by atoms with Gasteiger partial charge in [-0.2, -0.15) is 12.6 Å². The second-order valence-corrected chi connectivity index (χ2v) is 5.55. The van der Waals surface area contributed by atoms with Gasteiger partial charge in [0.25, 0.3) is 0 Å². The normalized spacial score (nSPS) is 11.9. The van der Waals surface area contributed by atoms with Crippen molar-refractivity contribution in [3.05, 3.63) is 70.7 Å². The molecule has 104 valence electrons. The first kappa shape index (κ1) is 14.9. The fraction of sp³-hybridized carbons (Fsp3) is 0.188. The Morgan fingerprint density at radius 1 is 1.10 bits per heavy atom. The quantitative estimate of drug-likeness (QED) is 0.813. The first-order chi connectivity index (χ1) is 9.66. The van der Waals surface area contributed by atoms with Gasteiger partial charge in [0.15, 0.2) is 0 Å². The lowest BCUT2D eigenvalue weighted by Crippen LogP contribution is -2.32. The van der Waals surface area contributed by atoms with Crippen molar-refractivity contribution >= 4 is 30.1 Å². The summed E-state index contributed by atoms with van der Waals surface area (Å²) in [5.41, 5.74) is 2.00. The fourth-order valence-electron chi connectivity index (χ4n) is 1.87. The van der Waals surface area contributed by atoms with Gasteiger partial charge in [0.1, 0.15) is 0 Å². The summed E-state index contributed by atoms with van der Waals surface area (Å²) in [4.78, 5) is 12.0. The third-order valence-corrected chi connectivity index (χ3v) is 3.77. The Hall–Kier alpha value is -1.45. The molecule has 0 aliphatic rings. The predicted octanol–water partition coefficient (Wildman–Crippen LogP) is 3.50. The molecule has 0 saturated carbocycles. The van der Waals surface area contributed by atoms with Crippen LogP contribution in [0.15, 0.2) is 54.6 Å². The molecule has 1 atom stereocenters. The van der Waals surface area contributed by atoms with E-state index in [1.807, 2.05) is 54.6 Å². The lowest BCUT2D eigenvalue weighted by Gasteiger charge is -2.12. The number of nitrogens with one attached hydrogen (secondary N) is 1. The molecule has 0 heterocycles. The van der Waals surface area contributed by atoms with Gasteiger partial charge in [-0.25, -0.2) is 0 Å². The van der Waals surface area contributed by atoms with Crippen LogP contribution in [-0.2, 0) is 17.8 Å². The van der Waals surface area contributed by atoms with Gasteiger partial charge in [-0.15, -0.1) is 0 Å². The Morgan fingerprint density at radius 2 is 1.75 bits per heavy atom. The van der Waals surface area contributed by atoms with E-state index in [0.717, 1.165) is 11.1 Å². The summed E-state index contributed by atoms with van der Waals surface area (Å²) in [6.07, 6.45) is 0.609. The molecule has 0 aromatic heterocycles. The molecule has 1 unspecified atom stereocenters. The molecule has 0 aliphatic heterocycles. The molecule has 0 aliphatic carbocycles. The van der Waals surface area contributed by atoms with Crippen molar-refractivity contribution in [1.29, 1.82) is 0 Å². The second-order valence-electron chi connectivity index (χ2n) is 4.51. The van der Waals surface area contributed by atoms with E-state index in [4.69, 9.17) is 11.6 Å². The zero-order chi connectivity index (χ0) is 14.4. The van der Waals surface area contributed by atoms with Crippen molar-refractivity contribution in [2.24, 2.45) is 0 Å². The summed E-state index contributed by atoms with van der Waals surface area (Å²) in [6.45, 7) is 0.421. The molecular formula is C16H16ClNOS. The van der Waals surface area contributed by atoms with Crippen LogP contribution in [0.2, 0.25) is 5.02 Å². The molecule has 2 aromatic carbocycles. The van der Waals surface area contributed by atoms with E-state index in [1.54, 1.807) is 0 Å². The van der Waals surface area contributed by atoms with Gasteiger partial charge in [-0.1, -0.05) is 60.1 Å². The Labute approximate surface area is 129 Å². The average molecular weight is 306 g/mol. The van der Waals surface area contributed by atoms with Crippen LogP contribution in [0.5, 0.6) is 0 Å². The minimum absolute atomic E-state index is 0.0860. The molecule has 2 aromatic rings. The Balaban J connectivity index is 1.87. The molecule has 0 fully saturated rings. The van der Waals surface area contributed by atoms with Crippen molar-refractivity contribution in [2.75, 3.05) is 0 Å². The van der Waals surface area contributed by atoms with Gasteiger partial charge in [0.2, 0.25) is 5.91 Å². The maximum Gasteiger partial charge on any atom is 0.233 e. The van der Waals surface area contributed by atoms with Crippen molar-refractivity contribution in [1.82, 2.24) is 5.32 Å². The number of hydrogen-bond acceptors (Lipinski definition) is 2. The van der Waals surface area contributed by atoms with E-state index in [9.17, 15) is 4.79 Å². The van der Waals surface area contributed by atoms with Gasteiger partial charge < -0.3 is 5.32 Å². The second kappa shape index (κ2) is 7.36. The molecule has 0 bridgehead atoms. The number of amides is 1. The number of thiol groups is 1. The molecule has 2 nitrogen and oxygen atoms in total. The van der Waals surface area contributed by atoms with E-state index in [-0.39, 0.29) is 11.2 Å². The lowest BCUT2D eigenvalue weighted by atomic mass is 10.1. The Bertz CT molecular complexity index is 574. The largest absolute Gasteiger partial charge is 0.351 e. The Morgan fingerprint density at radius 3 is 2.45 bits per heavy atom. The number of carbonyl (C=O) groups excluding carboxylic acids is 1. The summed E-state index contributed by atoms with van der Waals surface area (Å²) < 4.78 is 0. The summed E-state index contributed by atoms with van der Waals surface area (Å²) in [6, 6.07) is 17.3. The zero-order valence-corrected chi connectivity index (χ0v) is 12.6. The van der Waals surface area contributed by atoms with E-state index in [0.29, 0.717) is 18.0 Å². The molecule has 4 heteroatoms. The fourth-order valence-corrected chi connectivity index (χ4v) is 2.38. The van der Waals surface area contributed by atoms with E-state index >= 15 is 0 Å². The van der Waals surface area contributed by atoms with Crippen molar-refractivity contribution in [2.45, 2.75) is 18.2 Å². The van der Waals surface area contributed by atoms with E-state index in [2.05, 4.69) is 17.9 Å². The topological polar surface area (TPSA) is 29.1 Å². The number of carbonyl (C=O) groups is 1. The molecule has 1 N–H and O–H groups in total. The average Bonchev–Trinajstić information content (AvgIpc) is 2.47. The van der Waals surface area contributed by atoms with E-state index < -0.39 is 0 Å². The van der Waals surface area contributed by atoms with Crippen LogP contribution in [0.3, 0.4) is 0 Å². The highest BCUT2D eigenvalue weighted by Crippen LogP contribution is 2.15. The highest BCUT2D eigenvalue weighted by molar-refractivity contribution is 7.81. The summed E-state index contributed by atoms with van der Waals surface area (Å²) in [5, 5.41) is 3.16. The first-order valence-corrected chi connectivity index (χ1v) is 7.29. The van der Waals surface area contributed by atoms with Crippen LogP contribution in [0, 0.1) is 0 Å². The van der Waals surface area contributed by atoms with E-state index in [1.165, 1.54) is 0 Å². The molecule has 0 spiro atoms. The van der Waals surface area contributed by atoms with Crippen LogP contribution in [0.4, 0.5) is 0 Å². The summed E-state index contributed by atoms with van der Waals surface area (Å²) >= 11 is 10.4. The highest BCUT2D eigenvalue weighted by Gasteiger charge is 2.14. The van der Waals surface area contributed by atoms with Gasteiger partial charge in [-0.3, -0.25) is 4.79 Å². The molecule has 1 amide bonds. The number of hydrogen-bond donors (Lipinski definition) is 2. The number of halogens is 1. The summed E-state index contributed by atoms with van der Waals surface area (Å²) in [5.74, 6) is -0.0860. The Kier molecular flexibility index (Phi) is 5.50. The van der Waals surface area contributed by atoms with Gasteiger partial charge >= 0.3 is 0 Å². The highest BCUT2D eigenvalue weighted by atomic mass is 35.5. The maximum absolute atomic E-state index is 12.0. The standard InChI is InChI=1S/C16H16ClNOS/c17-14-9-5-4-8-13(14)11-18-16(19)15(20)10-12-6-2-1-3-7-12/h1-9,15,20H,10-11H2,(H,18,19). The minimum Gasteiger partial charge on any atom is -0.351 e. The molecular weight excluding hydrogens is 290 g/mol. The predicted molar refractivity (Wildman–Crippen MR) is 86.2 cm³/mol. The smallest absolute Gasteiger partial charge is 0.233 e. The van der Waals surface area contributed by atoms with Crippen LogP contribution >= 0.6 is 24.2 Å². The van der Waals surface area contributed by atoms with Crippen LogP contribution in [-0.4, -0.2) is 11.2 Å². The molecule has 0 saturated heterocycles. The lowest BCUT2D eigenvalue weighted by molar-refractivity contribution is -0.120. The maximum atomic E-state index is 12.0.